The molecule has 2 amide bonds. The largest absolute Gasteiger partial charge is 0.375 e. The molecule has 8 heteroatoms. The molecule has 0 radical (unpaired) electrons. The van der Waals surface area contributed by atoms with Gasteiger partial charge in [0, 0.05) is 37.5 Å². The summed E-state index contributed by atoms with van der Waals surface area (Å²) in [6.45, 7) is 22.3. The van der Waals surface area contributed by atoms with Crippen LogP contribution in [0.25, 0.3) is 0 Å². The van der Waals surface area contributed by atoms with E-state index in [1.165, 1.54) is 0 Å². The lowest BCUT2D eigenvalue weighted by Gasteiger charge is -2.30. The molecule has 0 saturated carbocycles. The lowest BCUT2D eigenvalue weighted by molar-refractivity contribution is -0.133. The van der Waals surface area contributed by atoms with E-state index in [9.17, 15) is 9.59 Å². The van der Waals surface area contributed by atoms with Gasteiger partial charge in [0.05, 0.1) is 29.6 Å². The molecule has 1 saturated heterocycles. The first kappa shape index (κ1) is 32.2. The highest BCUT2D eigenvalue weighted by Crippen LogP contribution is 2.25. The van der Waals surface area contributed by atoms with E-state index in [4.69, 9.17) is 9.47 Å². The quantitative estimate of drug-likeness (QED) is 0.306. The van der Waals surface area contributed by atoms with Crippen LogP contribution in [0.3, 0.4) is 0 Å². The van der Waals surface area contributed by atoms with Crippen LogP contribution in [-0.2, 0) is 19.1 Å². The van der Waals surface area contributed by atoms with Crippen molar-refractivity contribution < 1.29 is 19.1 Å². The number of likely N-dealkylation sites (tertiary alicyclic amines) is 1. The smallest absolute Gasteiger partial charge is 0.225 e. The van der Waals surface area contributed by atoms with Gasteiger partial charge in [0.2, 0.25) is 11.8 Å². The molecule has 1 aliphatic heterocycles. The molecule has 0 aromatic carbocycles. The highest BCUT2D eigenvalue weighted by atomic mass is 32.1. The van der Waals surface area contributed by atoms with Gasteiger partial charge in [-0.1, -0.05) is 34.6 Å². The fraction of sp³-hybridized carbons (Fsp3) is 0.926. The van der Waals surface area contributed by atoms with Gasteiger partial charge in [0.25, 0.3) is 0 Å². The molecule has 1 heterocycles. The molecule has 35 heavy (non-hydrogen) atoms. The van der Waals surface area contributed by atoms with Crippen LogP contribution < -0.4 is 10.6 Å². The van der Waals surface area contributed by atoms with Crippen LogP contribution in [-0.4, -0.2) is 79.1 Å². The molecule has 1 fully saturated rings. The second-order valence-corrected chi connectivity index (χ2v) is 14.5. The summed E-state index contributed by atoms with van der Waals surface area (Å²) in [5, 5.41) is 6.09. The standard InChI is InChI=1S/C27H53N3O4S/c1-24(2,3)19-34-26(6,7)12-15-29-23(32)21-18-30(10)17-20(21)22(31)28-14-11-25(4,5)33-16-13-27(8,9)35/h20-21,35H,11-19H2,1-10H3,(H,28,31)(H,29,32). The summed E-state index contributed by atoms with van der Waals surface area (Å²) in [6.07, 6.45) is 2.28. The number of ether oxygens (including phenoxy) is 2. The number of amides is 2. The van der Waals surface area contributed by atoms with Crippen molar-refractivity contribution in [3.63, 3.8) is 0 Å². The maximum absolute atomic E-state index is 13.0. The molecule has 0 aromatic rings. The van der Waals surface area contributed by atoms with Crippen LogP contribution >= 0.6 is 12.6 Å². The minimum atomic E-state index is -0.348. The Bertz CT molecular complexity index is 683. The van der Waals surface area contributed by atoms with Gasteiger partial charge < -0.3 is 25.0 Å². The van der Waals surface area contributed by atoms with E-state index in [1.54, 1.807) is 0 Å². The Balaban J connectivity index is 2.49. The molecule has 1 rings (SSSR count). The summed E-state index contributed by atoms with van der Waals surface area (Å²) in [6, 6.07) is 0. The molecule has 1 aliphatic rings. The van der Waals surface area contributed by atoms with Crippen molar-refractivity contribution in [3.8, 4) is 0 Å². The average molecular weight is 516 g/mol. The predicted molar refractivity (Wildman–Crippen MR) is 147 cm³/mol. The van der Waals surface area contributed by atoms with Gasteiger partial charge in [-0.3, -0.25) is 9.59 Å². The van der Waals surface area contributed by atoms with Gasteiger partial charge in [0.1, 0.15) is 0 Å². The minimum Gasteiger partial charge on any atom is -0.375 e. The third kappa shape index (κ3) is 13.9. The maximum Gasteiger partial charge on any atom is 0.225 e. The molecule has 0 bridgehead atoms. The summed E-state index contributed by atoms with van der Waals surface area (Å²) in [4.78, 5) is 28.0. The fourth-order valence-corrected chi connectivity index (χ4v) is 3.99. The van der Waals surface area contributed by atoms with E-state index >= 15 is 0 Å². The Kier molecular flexibility index (Phi) is 12.1. The second kappa shape index (κ2) is 13.1. The SMILES string of the molecule is CN1CC(C(=O)NCCC(C)(C)OCCC(C)(C)S)C(C(=O)NCCC(C)(C)OCC(C)(C)C)C1. The summed E-state index contributed by atoms with van der Waals surface area (Å²) in [5.41, 5.74) is -0.557. The number of thiol groups is 1. The monoisotopic (exact) mass is 515 g/mol. The van der Waals surface area contributed by atoms with E-state index in [1.807, 2.05) is 20.9 Å². The summed E-state index contributed by atoms with van der Waals surface area (Å²) < 4.78 is 12.0. The van der Waals surface area contributed by atoms with Gasteiger partial charge in [-0.2, -0.15) is 12.6 Å². The normalized spacial score (nSPS) is 20.2. The summed E-state index contributed by atoms with van der Waals surface area (Å²) in [7, 11) is 1.96. The number of nitrogens with zero attached hydrogens (tertiary/aromatic N) is 1. The van der Waals surface area contributed by atoms with Gasteiger partial charge in [0.15, 0.2) is 0 Å². The van der Waals surface area contributed by atoms with Crippen molar-refractivity contribution >= 4 is 24.4 Å². The average Bonchev–Trinajstić information content (AvgIpc) is 3.06. The van der Waals surface area contributed by atoms with E-state index in [-0.39, 0.29) is 45.0 Å². The van der Waals surface area contributed by atoms with E-state index in [0.29, 0.717) is 52.2 Å². The number of rotatable bonds is 14. The maximum atomic E-state index is 13.0. The van der Waals surface area contributed by atoms with E-state index in [0.717, 1.165) is 6.42 Å². The number of hydrogen-bond acceptors (Lipinski definition) is 6. The first-order valence-electron chi connectivity index (χ1n) is 13.0. The Hall–Kier alpha value is -0.830. The Morgan fingerprint density at radius 2 is 1.23 bits per heavy atom. The molecular weight excluding hydrogens is 462 g/mol. The number of hydrogen-bond donors (Lipinski definition) is 3. The second-order valence-electron chi connectivity index (χ2n) is 13.3. The van der Waals surface area contributed by atoms with Crippen LogP contribution in [0, 0.1) is 17.3 Å². The van der Waals surface area contributed by atoms with Crippen molar-refractivity contribution in [1.29, 1.82) is 0 Å². The first-order chi connectivity index (χ1) is 15.8. The van der Waals surface area contributed by atoms with Crippen LogP contribution in [0.5, 0.6) is 0 Å². The van der Waals surface area contributed by atoms with Crippen molar-refractivity contribution in [1.82, 2.24) is 15.5 Å². The zero-order valence-corrected chi connectivity index (χ0v) is 24.9. The van der Waals surface area contributed by atoms with E-state index in [2.05, 4.69) is 76.6 Å². The molecule has 0 aromatic heterocycles. The third-order valence-electron chi connectivity index (χ3n) is 6.33. The minimum absolute atomic E-state index is 0.0563. The highest BCUT2D eigenvalue weighted by molar-refractivity contribution is 7.81. The summed E-state index contributed by atoms with van der Waals surface area (Å²) >= 11 is 4.54. The molecule has 7 nitrogen and oxygen atoms in total. The van der Waals surface area contributed by atoms with Crippen molar-refractivity contribution in [2.45, 2.75) is 97.5 Å². The van der Waals surface area contributed by atoms with Crippen LogP contribution in [0.2, 0.25) is 0 Å². The molecule has 0 aliphatic carbocycles. The van der Waals surface area contributed by atoms with Crippen molar-refractivity contribution in [3.05, 3.63) is 0 Å². The van der Waals surface area contributed by atoms with Crippen molar-refractivity contribution in [2.24, 2.45) is 17.3 Å². The van der Waals surface area contributed by atoms with Gasteiger partial charge >= 0.3 is 0 Å². The molecule has 0 spiro atoms. The zero-order valence-electron chi connectivity index (χ0n) is 24.0. The van der Waals surface area contributed by atoms with Crippen molar-refractivity contribution in [2.75, 3.05) is 46.4 Å². The highest BCUT2D eigenvalue weighted by Gasteiger charge is 2.40. The fourth-order valence-electron chi connectivity index (χ4n) is 3.90. The van der Waals surface area contributed by atoms with Gasteiger partial charge in [-0.15, -0.1) is 0 Å². The topological polar surface area (TPSA) is 79.9 Å². The lowest BCUT2D eigenvalue weighted by atomic mass is 9.93. The van der Waals surface area contributed by atoms with Gasteiger partial charge in [-0.25, -0.2) is 0 Å². The van der Waals surface area contributed by atoms with Crippen LogP contribution in [0.4, 0.5) is 0 Å². The first-order valence-corrected chi connectivity index (χ1v) is 13.5. The lowest BCUT2D eigenvalue weighted by Crippen LogP contribution is -2.44. The van der Waals surface area contributed by atoms with Gasteiger partial charge in [-0.05, 0) is 59.4 Å². The van der Waals surface area contributed by atoms with Crippen LogP contribution in [0.15, 0.2) is 0 Å². The Morgan fingerprint density at radius 1 is 0.800 bits per heavy atom. The van der Waals surface area contributed by atoms with Crippen LogP contribution in [0.1, 0.15) is 81.6 Å². The molecule has 2 N–H and O–H groups in total. The number of nitrogens with one attached hydrogen (secondary N) is 2. The Labute approximate surface area is 220 Å². The molecule has 2 unspecified atom stereocenters. The molecule has 2 atom stereocenters. The molecular formula is C27H53N3O4S. The van der Waals surface area contributed by atoms with E-state index < -0.39 is 0 Å². The predicted octanol–water partition coefficient (Wildman–Crippen LogP) is 3.91. The third-order valence-corrected chi connectivity index (χ3v) is 6.55. The zero-order chi connectivity index (χ0) is 27.1. The number of carbonyl (C=O) groups is 2. The Morgan fingerprint density at radius 3 is 1.63 bits per heavy atom. The molecule has 206 valence electrons. The summed E-state index contributed by atoms with van der Waals surface area (Å²) in [5.74, 6) is -0.811. The number of carbonyl (C=O) groups excluding carboxylic acids is 2.